The van der Waals surface area contributed by atoms with Gasteiger partial charge in [-0.15, -0.1) is 13.2 Å². The van der Waals surface area contributed by atoms with Crippen molar-refractivity contribution in [1.29, 1.82) is 0 Å². The van der Waals surface area contributed by atoms with E-state index in [1.165, 1.54) is 6.20 Å². The second kappa shape index (κ2) is 9.67. The topological polar surface area (TPSA) is 111 Å². The molecule has 0 bridgehead atoms. The van der Waals surface area contributed by atoms with E-state index < -0.39 is 6.36 Å². The molecular formula is C25H27F3N8O3. The zero-order valence-electron chi connectivity index (χ0n) is 21.2. The second-order valence-electron chi connectivity index (χ2n) is 10.2. The van der Waals surface area contributed by atoms with Crippen molar-refractivity contribution >= 4 is 23.4 Å². The molecule has 3 aliphatic heterocycles. The number of alkyl halides is 3. The molecule has 39 heavy (non-hydrogen) atoms. The summed E-state index contributed by atoms with van der Waals surface area (Å²) in [4.78, 5) is 29.3. The van der Waals surface area contributed by atoms with Crippen molar-refractivity contribution in [1.82, 2.24) is 29.6 Å². The van der Waals surface area contributed by atoms with E-state index in [0.29, 0.717) is 36.2 Å². The smallest absolute Gasteiger partial charge is 0.406 e. The summed E-state index contributed by atoms with van der Waals surface area (Å²) in [7, 11) is 0. The van der Waals surface area contributed by atoms with E-state index in [2.05, 4.69) is 30.0 Å². The number of aromatic nitrogens is 5. The van der Waals surface area contributed by atoms with Crippen LogP contribution in [0.25, 0.3) is 11.4 Å². The predicted octanol–water partition coefficient (Wildman–Crippen LogP) is 3.40. The molecule has 1 N–H and O–H groups in total. The lowest BCUT2D eigenvalue weighted by atomic mass is 9.72. The molecule has 3 aromatic heterocycles. The summed E-state index contributed by atoms with van der Waals surface area (Å²) >= 11 is 0. The summed E-state index contributed by atoms with van der Waals surface area (Å²) in [6, 6.07) is 4.21. The van der Waals surface area contributed by atoms with E-state index in [1.54, 1.807) is 19.2 Å². The molecule has 0 aliphatic carbocycles. The summed E-state index contributed by atoms with van der Waals surface area (Å²) in [6.07, 6.45) is 1.82. The predicted molar refractivity (Wildman–Crippen MR) is 133 cm³/mol. The minimum Gasteiger partial charge on any atom is -0.406 e. The largest absolute Gasteiger partial charge is 0.573 e. The molecule has 3 fully saturated rings. The molecule has 0 atom stereocenters. The van der Waals surface area contributed by atoms with Crippen LogP contribution >= 0.6 is 0 Å². The van der Waals surface area contributed by atoms with Gasteiger partial charge in [0.1, 0.15) is 23.2 Å². The standard InChI is InChI=1S/C25H27F3N8O3/c1-16(37)34-6-3-24(4-7-34)14-35(15-24)22-9-21(31-20-8-19(2-5-29-20)39-25(26,27)28)32-23(33-22)17-10-30-36(11-17)18-12-38-13-18/h2,5,8-11,18H,3-4,6-7,12-15H2,1H3,(H,29,31,32,33). The number of carbonyl (C=O) groups excluding carboxylic acids is 1. The van der Waals surface area contributed by atoms with Crippen molar-refractivity contribution in [2.24, 2.45) is 5.41 Å². The number of piperidine rings is 1. The molecule has 6 heterocycles. The number of likely N-dealkylation sites (tertiary alicyclic amines) is 1. The minimum atomic E-state index is -4.81. The highest BCUT2D eigenvalue weighted by atomic mass is 19.4. The molecule has 1 amide bonds. The molecule has 0 saturated carbocycles. The first-order valence-electron chi connectivity index (χ1n) is 12.7. The van der Waals surface area contributed by atoms with Gasteiger partial charge in [-0.1, -0.05) is 0 Å². The van der Waals surface area contributed by atoms with Crippen LogP contribution < -0.4 is 15.0 Å². The van der Waals surface area contributed by atoms with Gasteiger partial charge >= 0.3 is 6.36 Å². The van der Waals surface area contributed by atoms with E-state index in [-0.39, 0.29) is 28.9 Å². The first-order valence-corrected chi connectivity index (χ1v) is 12.7. The Morgan fingerprint density at radius 2 is 1.92 bits per heavy atom. The molecule has 206 valence electrons. The number of carbonyl (C=O) groups is 1. The van der Waals surface area contributed by atoms with E-state index in [9.17, 15) is 18.0 Å². The number of hydrogen-bond acceptors (Lipinski definition) is 9. The number of ether oxygens (including phenoxy) is 2. The average Bonchev–Trinajstić information content (AvgIpc) is 3.30. The molecule has 14 heteroatoms. The van der Waals surface area contributed by atoms with Crippen LogP contribution in [0.2, 0.25) is 0 Å². The van der Waals surface area contributed by atoms with Gasteiger partial charge in [0.15, 0.2) is 5.82 Å². The molecule has 0 radical (unpaired) electrons. The lowest BCUT2D eigenvalue weighted by Gasteiger charge is -2.54. The lowest BCUT2D eigenvalue weighted by molar-refractivity contribution is -0.274. The van der Waals surface area contributed by atoms with Gasteiger partial charge in [0.2, 0.25) is 5.91 Å². The third kappa shape index (κ3) is 5.46. The van der Waals surface area contributed by atoms with E-state index in [0.717, 1.165) is 51.2 Å². The van der Waals surface area contributed by atoms with E-state index >= 15 is 0 Å². The monoisotopic (exact) mass is 544 g/mol. The maximum absolute atomic E-state index is 12.7. The van der Waals surface area contributed by atoms with Crippen LogP contribution in [-0.2, 0) is 9.53 Å². The minimum absolute atomic E-state index is 0.101. The maximum atomic E-state index is 12.7. The molecule has 0 unspecified atom stereocenters. The average molecular weight is 545 g/mol. The number of nitrogens with zero attached hydrogens (tertiary/aromatic N) is 7. The molecule has 3 aromatic rings. The van der Waals surface area contributed by atoms with Gasteiger partial charge in [0.25, 0.3) is 0 Å². The number of anilines is 3. The first kappa shape index (κ1) is 25.3. The van der Waals surface area contributed by atoms with Gasteiger partial charge in [-0.25, -0.2) is 15.0 Å². The summed E-state index contributed by atoms with van der Waals surface area (Å²) in [5.41, 5.74) is 0.837. The fraction of sp³-hybridized carbons (Fsp3) is 0.480. The van der Waals surface area contributed by atoms with Crippen molar-refractivity contribution in [3.63, 3.8) is 0 Å². The van der Waals surface area contributed by atoms with Gasteiger partial charge in [0, 0.05) is 63.0 Å². The highest BCUT2D eigenvalue weighted by Gasteiger charge is 2.46. The fourth-order valence-electron chi connectivity index (χ4n) is 5.16. The summed E-state index contributed by atoms with van der Waals surface area (Å²) < 4.78 is 49.2. The Hall–Kier alpha value is -3.94. The van der Waals surface area contributed by atoms with E-state index in [4.69, 9.17) is 9.72 Å². The second-order valence-corrected chi connectivity index (χ2v) is 10.2. The molecule has 6 rings (SSSR count). The van der Waals surface area contributed by atoms with Crippen molar-refractivity contribution in [3.8, 4) is 17.1 Å². The number of nitrogens with one attached hydrogen (secondary N) is 1. The van der Waals surface area contributed by atoms with Crippen LogP contribution in [0.5, 0.6) is 5.75 Å². The molecule has 1 spiro atoms. The zero-order chi connectivity index (χ0) is 27.2. The van der Waals surface area contributed by atoms with Gasteiger partial charge in [0.05, 0.1) is 31.0 Å². The number of pyridine rings is 1. The molecule has 0 aromatic carbocycles. The Labute approximate surface area is 221 Å². The van der Waals surface area contributed by atoms with Crippen LogP contribution in [0.3, 0.4) is 0 Å². The Balaban J connectivity index is 1.25. The number of amides is 1. The number of halogens is 3. The fourth-order valence-corrected chi connectivity index (χ4v) is 5.16. The number of rotatable bonds is 6. The van der Waals surface area contributed by atoms with Gasteiger partial charge in [-0.05, 0) is 18.9 Å². The van der Waals surface area contributed by atoms with Gasteiger partial charge in [-0.3, -0.25) is 9.48 Å². The molecule has 3 aliphatic rings. The molecule has 11 nitrogen and oxygen atoms in total. The van der Waals surface area contributed by atoms with E-state index in [1.807, 2.05) is 15.8 Å². The van der Waals surface area contributed by atoms with Crippen LogP contribution in [0.4, 0.5) is 30.6 Å². The third-order valence-electron chi connectivity index (χ3n) is 7.43. The summed E-state index contributed by atoms with van der Waals surface area (Å²) in [6.45, 7) is 5.86. The Morgan fingerprint density at radius 3 is 2.59 bits per heavy atom. The Kier molecular flexibility index (Phi) is 6.28. The van der Waals surface area contributed by atoms with Crippen LogP contribution in [0.1, 0.15) is 25.8 Å². The third-order valence-corrected chi connectivity index (χ3v) is 7.43. The molecular weight excluding hydrogens is 517 g/mol. The van der Waals surface area contributed by atoms with Gasteiger partial charge < -0.3 is 24.6 Å². The lowest BCUT2D eigenvalue weighted by Crippen LogP contribution is -2.61. The number of hydrogen-bond donors (Lipinski definition) is 1. The van der Waals surface area contributed by atoms with Crippen LogP contribution in [0, 0.1) is 5.41 Å². The SMILES string of the molecule is CC(=O)N1CCC2(CC1)CN(c1cc(Nc3cc(OC(F)(F)F)ccn3)nc(-c3cnn(C4COC4)c3)n1)C2. The summed E-state index contributed by atoms with van der Waals surface area (Å²) in [5.74, 6) is 1.34. The maximum Gasteiger partial charge on any atom is 0.573 e. The molecule has 3 saturated heterocycles. The normalized spacial score (nSPS) is 19.0. The zero-order valence-corrected chi connectivity index (χ0v) is 21.2. The van der Waals surface area contributed by atoms with Crippen LogP contribution in [0.15, 0.2) is 36.8 Å². The Bertz CT molecular complexity index is 1360. The van der Waals surface area contributed by atoms with Gasteiger partial charge in [-0.2, -0.15) is 5.10 Å². The Morgan fingerprint density at radius 1 is 1.15 bits per heavy atom. The van der Waals surface area contributed by atoms with Crippen molar-refractivity contribution in [3.05, 3.63) is 36.8 Å². The van der Waals surface area contributed by atoms with Crippen LogP contribution in [-0.4, -0.2) is 81.3 Å². The van der Waals surface area contributed by atoms with Crippen molar-refractivity contribution in [2.45, 2.75) is 32.2 Å². The van der Waals surface area contributed by atoms with Crippen molar-refractivity contribution in [2.75, 3.05) is 49.6 Å². The highest BCUT2D eigenvalue weighted by molar-refractivity contribution is 5.73. The van der Waals surface area contributed by atoms with Crippen molar-refractivity contribution < 1.29 is 27.4 Å². The highest BCUT2D eigenvalue weighted by Crippen LogP contribution is 2.43. The first-order chi connectivity index (χ1) is 18.6. The summed E-state index contributed by atoms with van der Waals surface area (Å²) in [5, 5.41) is 7.42. The quantitative estimate of drug-likeness (QED) is 0.499.